The summed E-state index contributed by atoms with van der Waals surface area (Å²) in [6.07, 6.45) is 6.54. The number of hydrogen-bond donors (Lipinski definition) is 2. The smallest absolute Gasteiger partial charge is 0.191 e. The number of nitrogens with zero attached hydrogens (tertiary/aromatic N) is 1. The molecule has 1 saturated carbocycles. The lowest BCUT2D eigenvalue weighted by molar-refractivity contribution is 0.410. The number of nitrogens with one attached hydrogen (secondary N) is 2. The van der Waals surface area contributed by atoms with Gasteiger partial charge in [0.05, 0.1) is 10.9 Å². The first kappa shape index (κ1) is 13.7. The summed E-state index contributed by atoms with van der Waals surface area (Å²) in [6.45, 7) is 0.782. The second-order valence-electron chi connectivity index (χ2n) is 4.61. The number of guanidine groups is 1. The minimum Gasteiger partial charge on any atom is -0.354 e. The lowest BCUT2D eigenvalue weighted by Crippen LogP contribution is -2.43. The van der Waals surface area contributed by atoms with Crippen LogP contribution in [0.25, 0.3) is 0 Å². The molecule has 1 aromatic heterocycles. The fourth-order valence-corrected chi connectivity index (χ4v) is 3.28. The maximum atomic E-state index is 5.91. The van der Waals surface area contributed by atoms with Gasteiger partial charge >= 0.3 is 0 Å². The quantitative estimate of drug-likeness (QED) is 0.660. The molecule has 1 aromatic rings. The van der Waals surface area contributed by atoms with Gasteiger partial charge in [-0.3, -0.25) is 4.99 Å². The molecule has 1 fully saturated rings. The molecule has 0 saturated heterocycles. The predicted octanol–water partition coefficient (Wildman–Crippen LogP) is 3.40. The number of rotatable bonds is 3. The van der Waals surface area contributed by atoms with Crippen molar-refractivity contribution in [2.24, 2.45) is 4.99 Å². The molecule has 2 N–H and O–H groups in total. The van der Waals surface area contributed by atoms with Gasteiger partial charge in [0, 0.05) is 18.0 Å². The average molecular weight is 286 g/mol. The predicted molar refractivity (Wildman–Crippen MR) is 79.5 cm³/mol. The van der Waals surface area contributed by atoms with Crippen LogP contribution in [-0.4, -0.2) is 19.0 Å². The Labute approximate surface area is 118 Å². The Bertz CT molecular complexity index is 397. The molecule has 100 valence electrons. The van der Waals surface area contributed by atoms with Crippen molar-refractivity contribution in [1.29, 1.82) is 0 Å². The van der Waals surface area contributed by atoms with Gasteiger partial charge in [-0.15, -0.1) is 11.3 Å². The van der Waals surface area contributed by atoms with Crippen LogP contribution < -0.4 is 10.6 Å². The molecule has 3 nitrogen and oxygen atoms in total. The van der Waals surface area contributed by atoms with Gasteiger partial charge in [0.1, 0.15) is 0 Å². The summed E-state index contributed by atoms with van der Waals surface area (Å²) in [6, 6.07) is 4.56. The van der Waals surface area contributed by atoms with Gasteiger partial charge in [-0.05, 0) is 25.0 Å². The Balaban J connectivity index is 1.78. The van der Waals surface area contributed by atoms with Gasteiger partial charge in [0.15, 0.2) is 5.96 Å². The zero-order valence-electron chi connectivity index (χ0n) is 10.7. The lowest BCUT2D eigenvalue weighted by Gasteiger charge is -2.24. The van der Waals surface area contributed by atoms with Crippen molar-refractivity contribution in [3.8, 4) is 0 Å². The Kier molecular flexibility index (Phi) is 5.32. The summed E-state index contributed by atoms with van der Waals surface area (Å²) in [5, 5.41) is 6.83. The second-order valence-corrected chi connectivity index (χ2v) is 6.41. The van der Waals surface area contributed by atoms with Gasteiger partial charge < -0.3 is 10.6 Å². The number of hydrogen-bond acceptors (Lipinski definition) is 2. The highest BCUT2D eigenvalue weighted by Crippen LogP contribution is 2.21. The monoisotopic (exact) mass is 285 g/mol. The molecule has 0 aromatic carbocycles. The zero-order valence-corrected chi connectivity index (χ0v) is 12.3. The summed E-state index contributed by atoms with van der Waals surface area (Å²) in [5.74, 6) is 0.895. The molecule has 18 heavy (non-hydrogen) atoms. The fraction of sp³-hybridized carbons (Fsp3) is 0.615. The summed E-state index contributed by atoms with van der Waals surface area (Å²) < 4.78 is 0.835. The Morgan fingerprint density at radius 2 is 2.17 bits per heavy atom. The van der Waals surface area contributed by atoms with Crippen LogP contribution in [-0.2, 0) is 6.54 Å². The largest absolute Gasteiger partial charge is 0.354 e. The molecule has 1 aliphatic rings. The maximum Gasteiger partial charge on any atom is 0.191 e. The Morgan fingerprint density at radius 3 is 2.78 bits per heavy atom. The first-order valence-corrected chi connectivity index (χ1v) is 7.69. The van der Waals surface area contributed by atoms with Gasteiger partial charge in [0.25, 0.3) is 0 Å². The van der Waals surface area contributed by atoms with Crippen LogP contribution in [0, 0.1) is 0 Å². The molecule has 2 rings (SSSR count). The minimum absolute atomic E-state index is 0.580. The van der Waals surface area contributed by atoms with Gasteiger partial charge in [-0.1, -0.05) is 30.9 Å². The molecule has 0 unspecified atom stereocenters. The van der Waals surface area contributed by atoms with Crippen molar-refractivity contribution in [3.63, 3.8) is 0 Å². The third-order valence-corrected chi connectivity index (χ3v) is 4.46. The van der Waals surface area contributed by atoms with Crippen molar-refractivity contribution in [3.05, 3.63) is 21.3 Å². The third-order valence-electron chi connectivity index (χ3n) is 3.23. The van der Waals surface area contributed by atoms with E-state index >= 15 is 0 Å². The van der Waals surface area contributed by atoms with Crippen LogP contribution in [0.15, 0.2) is 17.1 Å². The maximum absolute atomic E-state index is 5.91. The lowest BCUT2D eigenvalue weighted by atomic mass is 9.96. The molecule has 0 bridgehead atoms. The number of halogens is 1. The highest BCUT2D eigenvalue weighted by molar-refractivity contribution is 7.16. The van der Waals surface area contributed by atoms with Crippen molar-refractivity contribution in [2.75, 3.05) is 7.05 Å². The van der Waals surface area contributed by atoms with E-state index in [0.717, 1.165) is 16.8 Å². The molecule has 0 atom stereocenters. The Hall–Kier alpha value is -0.740. The summed E-state index contributed by atoms with van der Waals surface area (Å²) in [4.78, 5) is 5.50. The van der Waals surface area contributed by atoms with E-state index in [1.54, 1.807) is 11.3 Å². The number of aliphatic imine (C=N–C) groups is 1. The second kappa shape index (κ2) is 7.00. The molecule has 1 heterocycles. The van der Waals surface area contributed by atoms with Crippen LogP contribution in [0.1, 0.15) is 37.0 Å². The van der Waals surface area contributed by atoms with E-state index < -0.39 is 0 Å². The number of thiophene rings is 1. The first-order valence-electron chi connectivity index (χ1n) is 6.49. The van der Waals surface area contributed by atoms with Gasteiger partial charge in [-0.2, -0.15) is 0 Å². The van der Waals surface area contributed by atoms with Crippen molar-refractivity contribution >= 4 is 28.9 Å². The van der Waals surface area contributed by atoms with Crippen LogP contribution in [0.2, 0.25) is 4.34 Å². The van der Waals surface area contributed by atoms with E-state index in [1.165, 1.54) is 37.0 Å². The molecule has 1 aliphatic carbocycles. The van der Waals surface area contributed by atoms with Gasteiger partial charge in [-0.25, -0.2) is 0 Å². The highest BCUT2D eigenvalue weighted by atomic mass is 35.5. The van der Waals surface area contributed by atoms with Crippen LogP contribution in [0.5, 0.6) is 0 Å². The molecule has 0 aliphatic heterocycles. The molecule has 0 radical (unpaired) electrons. The molecular weight excluding hydrogens is 266 g/mol. The van der Waals surface area contributed by atoms with Crippen LogP contribution in [0.4, 0.5) is 0 Å². The average Bonchev–Trinajstić information content (AvgIpc) is 2.81. The van der Waals surface area contributed by atoms with Crippen LogP contribution in [0.3, 0.4) is 0 Å². The van der Waals surface area contributed by atoms with Crippen molar-refractivity contribution in [1.82, 2.24) is 10.6 Å². The topological polar surface area (TPSA) is 36.4 Å². The summed E-state index contributed by atoms with van der Waals surface area (Å²) >= 11 is 7.52. The van der Waals surface area contributed by atoms with E-state index in [9.17, 15) is 0 Å². The van der Waals surface area contributed by atoms with E-state index in [-0.39, 0.29) is 0 Å². The van der Waals surface area contributed by atoms with E-state index in [1.807, 2.05) is 19.2 Å². The van der Waals surface area contributed by atoms with Crippen LogP contribution >= 0.6 is 22.9 Å². The van der Waals surface area contributed by atoms with E-state index in [4.69, 9.17) is 11.6 Å². The zero-order chi connectivity index (χ0) is 12.8. The first-order chi connectivity index (χ1) is 8.78. The molecule has 0 spiro atoms. The highest BCUT2D eigenvalue weighted by Gasteiger charge is 2.14. The summed E-state index contributed by atoms with van der Waals surface area (Å²) in [5.41, 5.74) is 0. The van der Waals surface area contributed by atoms with Crippen molar-refractivity contribution in [2.45, 2.75) is 44.7 Å². The molecule has 0 amide bonds. The normalized spacial score (nSPS) is 17.8. The van der Waals surface area contributed by atoms with E-state index in [2.05, 4.69) is 15.6 Å². The van der Waals surface area contributed by atoms with Gasteiger partial charge in [0.2, 0.25) is 0 Å². The standard InChI is InChI=1S/C13H20ClN3S/c1-15-13(17-10-5-3-2-4-6-10)16-9-11-7-8-12(14)18-11/h7-8,10H,2-6,9H2,1H3,(H2,15,16,17). The fourth-order valence-electron chi connectivity index (χ4n) is 2.25. The summed E-state index contributed by atoms with van der Waals surface area (Å²) in [7, 11) is 1.82. The van der Waals surface area contributed by atoms with E-state index in [0.29, 0.717) is 6.04 Å². The SMILES string of the molecule is CN=C(NCc1ccc(Cl)s1)NC1CCCCC1. The molecule has 5 heteroatoms. The third kappa shape index (κ3) is 4.18. The minimum atomic E-state index is 0.580. The van der Waals surface area contributed by atoms with Crippen molar-refractivity contribution < 1.29 is 0 Å². The molecular formula is C13H20ClN3S. The Morgan fingerprint density at radius 1 is 1.39 bits per heavy atom.